The fourth-order valence-electron chi connectivity index (χ4n) is 3.15. The molecule has 0 bridgehead atoms. The Hall–Kier alpha value is -2.18. The Morgan fingerprint density at radius 1 is 1.00 bits per heavy atom. The molecule has 1 heterocycles. The van der Waals surface area contributed by atoms with E-state index >= 15 is 0 Å². The molecule has 6 heteroatoms. The Balaban J connectivity index is 1.57. The van der Waals surface area contributed by atoms with Crippen LogP contribution in [0, 0.1) is 0 Å². The fourth-order valence-corrected chi connectivity index (χ4v) is 4.14. The van der Waals surface area contributed by atoms with Gasteiger partial charge in [0.2, 0.25) is 0 Å². The van der Waals surface area contributed by atoms with Gasteiger partial charge in [0.1, 0.15) is 11.9 Å². The van der Waals surface area contributed by atoms with Crippen molar-refractivity contribution in [1.29, 1.82) is 0 Å². The van der Waals surface area contributed by atoms with Gasteiger partial charge in [0.05, 0.1) is 24.2 Å². The van der Waals surface area contributed by atoms with Crippen molar-refractivity contribution >= 4 is 15.6 Å². The Labute approximate surface area is 173 Å². The van der Waals surface area contributed by atoms with Crippen LogP contribution >= 0.6 is 0 Å². The summed E-state index contributed by atoms with van der Waals surface area (Å²) in [5.41, 5.74) is 2.20. The SMILES string of the molecule is CC(C)S(=O)(=O)Cc1ccc(C(=O)Cc2ccc(OC3CCOCC3)cc2)cc1. The Bertz CT molecular complexity index is 909. The molecule has 1 fully saturated rings. The van der Waals surface area contributed by atoms with Crippen LogP contribution in [-0.2, 0) is 26.7 Å². The van der Waals surface area contributed by atoms with Crippen molar-refractivity contribution in [3.63, 3.8) is 0 Å². The molecule has 0 amide bonds. The Morgan fingerprint density at radius 2 is 1.59 bits per heavy atom. The van der Waals surface area contributed by atoms with Crippen LogP contribution in [-0.4, -0.2) is 38.8 Å². The lowest BCUT2D eigenvalue weighted by atomic mass is 10.0. The molecule has 0 spiro atoms. The van der Waals surface area contributed by atoms with E-state index in [-0.39, 0.29) is 17.6 Å². The minimum atomic E-state index is -3.15. The van der Waals surface area contributed by atoms with Gasteiger partial charge in [-0.2, -0.15) is 0 Å². The number of sulfone groups is 1. The summed E-state index contributed by atoms with van der Waals surface area (Å²) in [6.45, 7) is 4.82. The lowest BCUT2D eigenvalue weighted by Crippen LogP contribution is -2.25. The van der Waals surface area contributed by atoms with Gasteiger partial charge >= 0.3 is 0 Å². The summed E-state index contributed by atoms with van der Waals surface area (Å²) >= 11 is 0. The molecule has 0 N–H and O–H groups in total. The van der Waals surface area contributed by atoms with Crippen molar-refractivity contribution < 1.29 is 22.7 Å². The molecule has 1 saturated heterocycles. The third-order valence-corrected chi connectivity index (χ3v) is 7.29. The zero-order valence-electron chi connectivity index (χ0n) is 17.0. The van der Waals surface area contributed by atoms with E-state index in [1.807, 2.05) is 24.3 Å². The maximum Gasteiger partial charge on any atom is 0.167 e. The molecular formula is C23H28O5S. The molecule has 1 aliphatic rings. The number of ether oxygens (including phenoxy) is 2. The number of Topliss-reactive ketones (excluding diaryl/α,β-unsaturated/α-hetero) is 1. The summed E-state index contributed by atoms with van der Waals surface area (Å²) in [5.74, 6) is 0.804. The van der Waals surface area contributed by atoms with Crippen molar-refractivity contribution in [3.05, 3.63) is 65.2 Å². The van der Waals surface area contributed by atoms with E-state index < -0.39 is 15.1 Å². The quantitative estimate of drug-likeness (QED) is 0.609. The minimum absolute atomic E-state index is 0.00126. The second kappa shape index (κ2) is 9.55. The topological polar surface area (TPSA) is 69.7 Å². The van der Waals surface area contributed by atoms with Gasteiger partial charge in [0, 0.05) is 24.8 Å². The number of carbonyl (C=O) groups is 1. The summed E-state index contributed by atoms with van der Waals surface area (Å²) in [6.07, 6.45) is 2.28. The van der Waals surface area contributed by atoms with Gasteiger partial charge in [-0.3, -0.25) is 4.79 Å². The predicted molar refractivity (Wildman–Crippen MR) is 113 cm³/mol. The van der Waals surface area contributed by atoms with Crippen LogP contribution in [0.15, 0.2) is 48.5 Å². The van der Waals surface area contributed by atoms with Crippen LogP contribution in [0.5, 0.6) is 5.75 Å². The van der Waals surface area contributed by atoms with E-state index in [0.717, 1.165) is 37.4 Å². The Morgan fingerprint density at radius 3 is 2.17 bits per heavy atom. The highest BCUT2D eigenvalue weighted by molar-refractivity contribution is 7.91. The van der Waals surface area contributed by atoms with E-state index in [2.05, 4.69) is 0 Å². The van der Waals surface area contributed by atoms with Crippen LogP contribution in [0.1, 0.15) is 48.2 Å². The Kier molecular flexibility index (Phi) is 7.09. The van der Waals surface area contributed by atoms with Crippen LogP contribution in [0.3, 0.4) is 0 Å². The van der Waals surface area contributed by atoms with Crippen molar-refractivity contribution in [1.82, 2.24) is 0 Å². The first-order valence-electron chi connectivity index (χ1n) is 10.0. The summed E-state index contributed by atoms with van der Waals surface area (Å²) < 4.78 is 35.4. The van der Waals surface area contributed by atoms with Gasteiger partial charge < -0.3 is 9.47 Å². The average Bonchev–Trinajstić information content (AvgIpc) is 2.70. The maximum atomic E-state index is 12.6. The van der Waals surface area contributed by atoms with E-state index in [1.54, 1.807) is 38.1 Å². The highest BCUT2D eigenvalue weighted by Crippen LogP contribution is 2.20. The minimum Gasteiger partial charge on any atom is -0.490 e. The molecule has 0 saturated carbocycles. The van der Waals surface area contributed by atoms with Crippen LogP contribution < -0.4 is 4.74 Å². The van der Waals surface area contributed by atoms with Crippen molar-refractivity contribution in [2.45, 2.75) is 50.2 Å². The van der Waals surface area contributed by atoms with Gasteiger partial charge in [-0.25, -0.2) is 8.42 Å². The highest BCUT2D eigenvalue weighted by atomic mass is 32.2. The zero-order chi connectivity index (χ0) is 20.9. The summed E-state index contributed by atoms with van der Waals surface area (Å²) in [5, 5.41) is -0.415. The number of ketones is 1. The van der Waals surface area contributed by atoms with Gasteiger partial charge in [0.15, 0.2) is 15.6 Å². The maximum absolute atomic E-state index is 12.6. The van der Waals surface area contributed by atoms with Gasteiger partial charge in [-0.15, -0.1) is 0 Å². The molecule has 2 aromatic rings. The number of benzene rings is 2. The first-order chi connectivity index (χ1) is 13.8. The monoisotopic (exact) mass is 416 g/mol. The second-order valence-electron chi connectivity index (χ2n) is 7.73. The summed E-state index contributed by atoms with van der Waals surface area (Å²) in [7, 11) is -3.15. The number of rotatable bonds is 8. The standard InChI is InChI=1S/C23H28O5S/c1-17(2)29(25,26)16-19-3-7-20(8-4-19)23(24)15-18-5-9-21(10-6-18)28-22-11-13-27-14-12-22/h3-10,17,22H,11-16H2,1-2H3. The molecule has 0 radical (unpaired) electrons. The first kappa shape index (κ1) is 21.5. The molecule has 1 aliphatic heterocycles. The van der Waals surface area contributed by atoms with E-state index in [1.165, 1.54) is 0 Å². The van der Waals surface area contributed by atoms with E-state index in [0.29, 0.717) is 17.5 Å². The van der Waals surface area contributed by atoms with E-state index in [4.69, 9.17) is 9.47 Å². The molecular weight excluding hydrogens is 388 g/mol. The molecule has 2 aromatic carbocycles. The lowest BCUT2D eigenvalue weighted by molar-refractivity contribution is 0.0255. The zero-order valence-corrected chi connectivity index (χ0v) is 17.8. The van der Waals surface area contributed by atoms with Crippen LogP contribution in [0.25, 0.3) is 0 Å². The summed E-state index contributed by atoms with van der Waals surface area (Å²) in [4.78, 5) is 12.6. The number of carbonyl (C=O) groups excluding carboxylic acids is 1. The third-order valence-electron chi connectivity index (χ3n) is 5.12. The predicted octanol–water partition coefficient (Wildman–Crippen LogP) is 3.99. The van der Waals surface area contributed by atoms with Gasteiger partial charge in [0.25, 0.3) is 0 Å². The van der Waals surface area contributed by atoms with Gasteiger partial charge in [-0.1, -0.05) is 36.4 Å². The molecule has 156 valence electrons. The molecule has 29 heavy (non-hydrogen) atoms. The second-order valence-corrected chi connectivity index (χ2v) is 10.3. The van der Waals surface area contributed by atoms with Crippen molar-refractivity contribution in [3.8, 4) is 5.75 Å². The third kappa shape index (κ3) is 6.15. The normalized spacial score (nSPS) is 15.4. The molecule has 0 aromatic heterocycles. The van der Waals surface area contributed by atoms with Gasteiger partial charge in [-0.05, 0) is 37.1 Å². The summed E-state index contributed by atoms with van der Waals surface area (Å²) in [6, 6.07) is 14.5. The highest BCUT2D eigenvalue weighted by Gasteiger charge is 2.17. The average molecular weight is 417 g/mol. The largest absolute Gasteiger partial charge is 0.490 e. The number of hydrogen-bond acceptors (Lipinski definition) is 5. The number of hydrogen-bond donors (Lipinski definition) is 0. The molecule has 0 unspecified atom stereocenters. The molecule has 5 nitrogen and oxygen atoms in total. The van der Waals surface area contributed by atoms with E-state index in [9.17, 15) is 13.2 Å². The van der Waals surface area contributed by atoms with Crippen molar-refractivity contribution in [2.24, 2.45) is 0 Å². The first-order valence-corrected chi connectivity index (χ1v) is 11.7. The van der Waals surface area contributed by atoms with Crippen LogP contribution in [0.2, 0.25) is 0 Å². The lowest BCUT2D eigenvalue weighted by Gasteiger charge is -2.23. The smallest absolute Gasteiger partial charge is 0.167 e. The van der Waals surface area contributed by atoms with Crippen molar-refractivity contribution in [2.75, 3.05) is 13.2 Å². The molecule has 0 atom stereocenters. The fraction of sp³-hybridized carbons (Fsp3) is 0.435. The molecule has 0 aliphatic carbocycles. The molecule has 3 rings (SSSR count). The van der Waals surface area contributed by atoms with Crippen LogP contribution in [0.4, 0.5) is 0 Å².